The van der Waals surface area contributed by atoms with Crippen LogP contribution < -0.4 is 0 Å². The standard InChI is InChI=1S/C7H12O5S2/c1-13(8,9)6-14(10,11)7-3-2-4-12-5-7/h5H,2-4,6H2,1H3. The molecule has 0 spiro atoms. The van der Waals surface area contributed by atoms with E-state index in [0.717, 1.165) is 12.5 Å². The van der Waals surface area contributed by atoms with Crippen molar-refractivity contribution < 1.29 is 21.6 Å². The molecule has 1 heterocycles. The summed E-state index contributed by atoms with van der Waals surface area (Å²) in [5, 5.41) is -0.838. The number of allylic oxidation sites excluding steroid dienone is 1. The highest BCUT2D eigenvalue weighted by atomic mass is 32.3. The monoisotopic (exact) mass is 240 g/mol. The lowest BCUT2D eigenvalue weighted by molar-refractivity contribution is 0.228. The predicted molar refractivity (Wildman–Crippen MR) is 51.9 cm³/mol. The quantitative estimate of drug-likeness (QED) is 0.697. The molecule has 1 aliphatic rings. The molecule has 0 radical (unpaired) electrons. The van der Waals surface area contributed by atoms with E-state index in [0.29, 0.717) is 19.4 Å². The SMILES string of the molecule is CS(=O)(=O)CS(=O)(=O)C1=COCCC1. The molecule has 0 fully saturated rings. The molecular weight excluding hydrogens is 228 g/mol. The highest BCUT2D eigenvalue weighted by Gasteiger charge is 2.24. The van der Waals surface area contributed by atoms with Crippen molar-refractivity contribution in [2.75, 3.05) is 17.9 Å². The molecule has 0 aromatic rings. The summed E-state index contributed by atoms with van der Waals surface area (Å²) in [6, 6.07) is 0. The molecule has 0 unspecified atom stereocenters. The Bertz CT molecular complexity index is 429. The average Bonchev–Trinajstić information content (AvgIpc) is 2.01. The number of sulfone groups is 2. The number of hydrogen-bond acceptors (Lipinski definition) is 5. The zero-order valence-electron chi connectivity index (χ0n) is 7.76. The van der Waals surface area contributed by atoms with E-state index in [1.165, 1.54) is 0 Å². The molecule has 0 aliphatic carbocycles. The first-order chi connectivity index (χ1) is 6.31. The fraction of sp³-hybridized carbons (Fsp3) is 0.714. The van der Waals surface area contributed by atoms with Crippen LogP contribution in [-0.4, -0.2) is 34.8 Å². The lowest BCUT2D eigenvalue weighted by atomic mass is 10.3. The summed E-state index contributed by atoms with van der Waals surface area (Å²) in [5.41, 5.74) is 0. The van der Waals surface area contributed by atoms with Crippen molar-refractivity contribution in [1.29, 1.82) is 0 Å². The topological polar surface area (TPSA) is 77.5 Å². The molecule has 0 N–H and O–H groups in total. The zero-order valence-corrected chi connectivity index (χ0v) is 9.40. The fourth-order valence-electron chi connectivity index (χ4n) is 1.13. The maximum Gasteiger partial charge on any atom is 0.191 e. The second-order valence-corrected chi connectivity index (χ2v) is 7.77. The van der Waals surface area contributed by atoms with Crippen molar-refractivity contribution >= 4 is 19.7 Å². The van der Waals surface area contributed by atoms with Gasteiger partial charge in [-0.2, -0.15) is 0 Å². The number of rotatable bonds is 3. The van der Waals surface area contributed by atoms with Gasteiger partial charge >= 0.3 is 0 Å². The molecule has 5 nitrogen and oxygen atoms in total. The van der Waals surface area contributed by atoms with Gasteiger partial charge in [0.15, 0.2) is 24.8 Å². The van der Waals surface area contributed by atoms with Gasteiger partial charge in [-0.15, -0.1) is 0 Å². The van der Waals surface area contributed by atoms with Crippen LogP contribution in [0.1, 0.15) is 12.8 Å². The van der Waals surface area contributed by atoms with Gasteiger partial charge in [-0.05, 0) is 12.8 Å². The van der Waals surface area contributed by atoms with Crippen LogP contribution in [0.5, 0.6) is 0 Å². The van der Waals surface area contributed by atoms with Crippen molar-refractivity contribution in [1.82, 2.24) is 0 Å². The van der Waals surface area contributed by atoms with Gasteiger partial charge in [-0.25, -0.2) is 16.8 Å². The molecule has 14 heavy (non-hydrogen) atoms. The van der Waals surface area contributed by atoms with Gasteiger partial charge in [0.05, 0.1) is 17.8 Å². The van der Waals surface area contributed by atoms with Gasteiger partial charge in [0.25, 0.3) is 0 Å². The Morgan fingerprint density at radius 1 is 1.36 bits per heavy atom. The Kier molecular flexibility index (Phi) is 3.20. The Labute approximate surface area is 83.6 Å². The summed E-state index contributed by atoms with van der Waals surface area (Å²) in [5.74, 6) is 0. The van der Waals surface area contributed by atoms with E-state index >= 15 is 0 Å². The molecule has 82 valence electrons. The second-order valence-electron chi connectivity index (χ2n) is 3.22. The molecule has 0 aromatic carbocycles. The minimum atomic E-state index is -3.69. The van der Waals surface area contributed by atoms with Crippen LogP contribution in [-0.2, 0) is 24.4 Å². The molecule has 7 heteroatoms. The van der Waals surface area contributed by atoms with Crippen molar-refractivity contribution in [3.8, 4) is 0 Å². The van der Waals surface area contributed by atoms with Gasteiger partial charge in [0, 0.05) is 6.26 Å². The van der Waals surface area contributed by atoms with E-state index < -0.39 is 24.8 Å². The first-order valence-corrected chi connectivity index (χ1v) is 7.74. The van der Waals surface area contributed by atoms with E-state index in [2.05, 4.69) is 0 Å². The molecule has 0 atom stereocenters. The van der Waals surface area contributed by atoms with Gasteiger partial charge in [-0.3, -0.25) is 0 Å². The van der Waals surface area contributed by atoms with Crippen LogP contribution in [0.15, 0.2) is 11.2 Å². The van der Waals surface area contributed by atoms with Gasteiger partial charge in [0.1, 0.15) is 0 Å². The van der Waals surface area contributed by atoms with Crippen molar-refractivity contribution in [3.05, 3.63) is 11.2 Å². The first-order valence-electron chi connectivity index (χ1n) is 4.02. The third-order valence-corrected chi connectivity index (χ3v) is 5.72. The highest BCUT2D eigenvalue weighted by molar-refractivity contribution is 8.09. The molecule has 0 amide bonds. The smallest absolute Gasteiger partial charge is 0.191 e. The summed E-state index contributed by atoms with van der Waals surface area (Å²) in [6.45, 7) is 0.484. The summed E-state index contributed by atoms with van der Waals surface area (Å²) in [6.07, 6.45) is 3.01. The maximum absolute atomic E-state index is 11.5. The normalized spacial score (nSPS) is 18.5. The molecular formula is C7H12O5S2. The highest BCUT2D eigenvalue weighted by Crippen LogP contribution is 2.19. The lowest BCUT2D eigenvalue weighted by Gasteiger charge is -2.13. The van der Waals surface area contributed by atoms with E-state index in [-0.39, 0.29) is 4.91 Å². The van der Waals surface area contributed by atoms with E-state index in [9.17, 15) is 16.8 Å². The van der Waals surface area contributed by atoms with Crippen molar-refractivity contribution in [3.63, 3.8) is 0 Å². The molecule has 1 rings (SSSR count). The zero-order chi connectivity index (χ0) is 10.8. The van der Waals surface area contributed by atoms with Crippen LogP contribution in [0.2, 0.25) is 0 Å². The third-order valence-electron chi connectivity index (χ3n) is 1.67. The minimum Gasteiger partial charge on any atom is -0.500 e. The van der Waals surface area contributed by atoms with Crippen LogP contribution >= 0.6 is 0 Å². The van der Waals surface area contributed by atoms with E-state index in [1.807, 2.05) is 0 Å². The summed E-state index contributed by atoms with van der Waals surface area (Å²) >= 11 is 0. The number of hydrogen-bond donors (Lipinski definition) is 0. The molecule has 0 saturated carbocycles. The fourth-order valence-corrected chi connectivity index (χ4v) is 4.66. The molecule has 1 aliphatic heterocycles. The van der Waals surface area contributed by atoms with Crippen LogP contribution in [0.4, 0.5) is 0 Å². The Morgan fingerprint density at radius 2 is 2.00 bits per heavy atom. The summed E-state index contributed by atoms with van der Waals surface area (Å²) in [4.78, 5) is 0.0779. The van der Waals surface area contributed by atoms with Crippen LogP contribution in [0.3, 0.4) is 0 Å². The molecule has 0 aromatic heterocycles. The largest absolute Gasteiger partial charge is 0.500 e. The Hall–Kier alpha value is -0.560. The van der Waals surface area contributed by atoms with Crippen molar-refractivity contribution in [2.45, 2.75) is 12.8 Å². The second kappa shape index (κ2) is 3.90. The average molecular weight is 240 g/mol. The summed E-state index contributed by atoms with van der Waals surface area (Å²) in [7, 11) is -7.21. The maximum atomic E-state index is 11.5. The van der Waals surface area contributed by atoms with Crippen LogP contribution in [0, 0.1) is 0 Å². The predicted octanol–water partition coefficient (Wildman–Crippen LogP) is 0.0551. The van der Waals surface area contributed by atoms with Gasteiger partial charge in [0.2, 0.25) is 0 Å². The van der Waals surface area contributed by atoms with Gasteiger partial charge in [-0.1, -0.05) is 0 Å². The first kappa shape index (κ1) is 11.5. The van der Waals surface area contributed by atoms with Gasteiger partial charge < -0.3 is 4.74 Å². The molecule has 0 saturated heterocycles. The lowest BCUT2D eigenvalue weighted by Crippen LogP contribution is -2.18. The van der Waals surface area contributed by atoms with Crippen LogP contribution in [0.25, 0.3) is 0 Å². The number of ether oxygens (including phenoxy) is 1. The minimum absolute atomic E-state index is 0.0779. The van der Waals surface area contributed by atoms with E-state index in [4.69, 9.17) is 4.74 Å². The Morgan fingerprint density at radius 3 is 2.43 bits per heavy atom. The van der Waals surface area contributed by atoms with Crippen molar-refractivity contribution in [2.24, 2.45) is 0 Å². The third kappa shape index (κ3) is 3.30. The summed E-state index contributed by atoms with van der Waals surface area (Å²) < 4.78 is 49.5. The van der Waals surface area contributed by atoms with E-state index in [1.54, 1.807) is 0 Å². The molecule has 0 bridgehead atoms. The Balaban J connectivity index is 2.91.